The summed E-state index contributed by atoms with van der Waals surface area (Å²) in [6, 6.07) is 5.65. The van der Waals surface area contributed by atoms with E-state index < -0.39 is 0 Å². The molecular formula is C12H10N4O2. The zero-order chi connectivity index (χ0) is 12.7. The van der Waals surface area contributed by atoms with Crippen LogP contribution < -0.4 is 10.5 Å². The van der Waals surface area contributed by atoms with E-state index >= 15 is 0 Å². The molecule has 3 N–H and O–H groups in total. The Labute approximate surface area is 103 Å². The number of aromatic nitrogens is 2. The number of furan rings is 1. The van der Waals surface area contributed by atoms with Crippen molar-refractivity contribution in [2.75, 3.05) is 0 Å². The van der Waals surface area contributed by atoms with E-state index in [0.29, 0.717) is 17.2 Å². The van der Waals surface area contributed by atoms with Gasteiger partial charge in [-0.25, -0.2) is 0 Å². The highest BCUT2D eigenvalue weighted by molar-refractivity contribution is 5.52. The molecule has 0 amide bonds. The average Bonchev–Trinajstić information content (AvgIpc) is 2.98. The molecule has 3 heterocycles. The van der Waals surface area contributed by atoms with Crippen molar-refractivity contribution in [3.8, 4) is 11.9 Å². The Morgan fingerprint density at radius 1 is 1.56 bits per heavy atom. The van der Waals surface area contributed by atoms with E-state index in [4.69, 9.17) is 14.9 Å². The maximum atomic E-state index is 9.24. The fourth-order valence-corrected chi connectivity index (χ4v) is 2.14. The third-order valence-electron chi connectivity index (χ3n) is 2.96. The summed E-state index contributed by atoms with van der Waals surface area (Å²) in [7, 11) is 0. The van der Waals surface area contributed by atoms with Crippen LogP contribution in [-0.2, 0) is 0 Å². The van der Waals surface area contributed by atoms with Crippen molar-refractivity contribution in [3.63, 3.8) is 0 Å². The van der Waals surface area contributed by atoms with Crippen LogP contribution in [0.3, 0.4) is 0 Å². The molecule has 2 aromatic heterocycles. The van der Waals surface area contributed by atoms with Gasteiger partial charge in [0.05, 0.1) is 17.7 Å². The fraction of sp³-hybridized carbons (Fsp3) is 0.167. The van der Waals surface area contributed by atoms with E-state index in [1.807, 2.05) is 6.92 Å². The van der Waals surface area contributed by atoms with Gasteiger partial charge in [-0.15, -0.1) is 5.10 Å². The first-order valence-corrected chi connectivity index (χ1v) is 5.38. The predicted molar refractivity (Wildman–Crippen MR) is 61.3 cm³/mol. The Morgan fingerprint density at radius 2 is 2.39 bits per heavy atom. The van der Waals surface area contributed by atoms with Gasteiger partial charge in [-0.05, 0) is 19.1 Å². The molecule has 18 heavy (non-hydrogen) atoms. The summed E-state index contributed by atoms with van der Waals surface area (Å²) < 4.78 is 10.7. The molecule has 0 radical (unpaired) electrons. The van der Waals surface area contributed by atoms with Gasteiger partial charge in [0, 0.05) is 5.69 Å². The van der Waals surface area contributed by atoms with Crippen molar-refractivity contribution < 1.29 is 9.15 Å². The molecule has 1 aliphatic rings. The van der Waals surface area contributed by atoms with Crippen LogP contribution >= 0.6 is 0 Å². The summed E-state index contributed by atoms with van der Waals surface area (Å²) in [5.41, 5.74) is 7.70. The van der Waals surface area contributed by atoms with Crippen molar-refractivity contribution in [2.45, 2.75) is 12.8 Å². The van der Waals surface area contributed by atoms with Gasteiger partial charge >= 0.3 is 0 Å². The molecule has 0 saturated heterocycles. The van der Waals surface area contributed by atoms with Crippen LogP contribution in [0.2, 0.25) is 0 Å². The number of H-pyrrole nitrogens is 1. The molecule has 1 aliphatic heterocycles. The molecule has 0 bridgehead atoms. The number of rotatable bonds is 1. The van der Waals surface area contributed by atoms with Gasteiger partial charge in [-0.2, -0.15) is 5.26 Å². The van der Waals surface area contributed by atoms with Crippen LogP contribution in [0.4, 0.5) is 0 Å². The maximum Gasteiger partial charge on any atom is 0.244 e. The first kappa shape index (κ1) is 10.5. The molecule has 0 unspecified atom stereocenters. The maximum absolute atomic E-state index is 9.24. The molecule has 0 fully saturated rings. The molecule has 6 nitrogen and oxygen atoms in total. The molecule has 0 aromatic carbocycles. The van der Waals surface area contributed by atoms with Gasteiger partial charge < -0.3 is 14.9 Å². The topological polar surface area (TPSA) is 101 Å². The fourth-order valence-electron chi connectivity index (χ4n) is 2.14. The van der Waals surface area contributed by atoms with E-state index in [1.54, 1.807) is 18.4 Å². The Morgan fingerprint density at radius 3 is 3.06 bits per heavy atom. The molecule has 1 atom stereocenters. The number of nitriles is 1. The van der Waals surface area contributed by atoms with Crippen molar-refractivity contribution in [1.29, 1.82) is 5.26 Å². The second-order valence-electron chi connectivity index (χ2n) is 4.01. The van der Waals surface area contributed by atoms with E-state index in [1.165, 1.54) is 0 Å². The van der Waals surface area contributed by atoms with Crippen molar-refractivity contribution in [1.82, 2.24) is 10.2 Å². The SMILES string of the molecule is Cc1[nH]nc2c1[C@H](c1ccco1)C(C#N)=C(N)O2. The Bertz CT molecular complexity index is 661. The lowest BCUT2D eigenvalue weighted by Gasteiger charge is -2.21. The van der Waals surface area contributed by atoms with Gasteiger partial charge in [-0.1, -0.05) is 0 Å². The quantitative estimate of drug-likeness (QED) is 0.789. The second-order valence-corrected chi connectivity index (χ2v) is 4.01. The number of nitrogens with one attached hydrogen (secondary N) is 1. The van der Waals surface area contributed by atoms with Gasteiger partial charge in [0.25, 0.3) is 0 Å². The molecular weight excluding hydrogens is 232 g/mol. The lowest BCUT2D eigenvalue weighted by atomic mass is 9.88. The number of hydrogen-bond donors (Lipinski definition) is 2. The van der Waals surface area contributed by atoms with Crippen LogP contribution in [0.1, 0.15) is 22.9 Å². The molecule has 90 valence electrons. The average molecular weight is 242 g/mol. The normalized spacial score (nSPS) is 18.1. The van der Waals surface area contributed by atoms with Crippen molar-refractivity contribution in [2.24, 2.45) is 5.73 Å². The zero-order valence-electron chi connectivity index (χ0n) is 9.60. The molecule has 0 saturated carbocycles. The minimum Gasteiger partial charge on any atom is -0.468 e. The van der Waals surface area contributed by atoms with E-state index in [2.05, 4.69) is 16.3 Å². The monoisotopic (exact) mass is 242 g/mol. The minimum absolute atomic E-state index is 0.0675. The van der Waals surface area contributed by atoms with Gasteiger partial charge in [0.15, 0.2) is 0 Å². The highest BCUT2D eigenvalue weighted by Gasteiger charge is 2.35. The summed E-state index contributed by atoms with van der Waals surface area (Å²) in [5.74, 6) is 0.736. The number of ether oxygens (including phenoxy) is 1. The molecule has 0 aliphatic carbocycles. The highest BCUT2D eigenvalue weighted by Crippen LogP contribution is 2.42. The number of aryl methyl sites for hydroxylation is 1. The number of nitrogens with two attached hydrogens (primary N) is 1. The van der Waals surface area contributed by atoms with Gasteiger partial charge in [0.2, 0.25) is 11.8 Å². The summed E-state index contributed by atoms with van der Waals surface area (Å²) in [4.78, 5) is 0. The number of hydrogen-bond acceptors (Lipinski definition) is 5. The van der Waals surface area contributed by atoms with Crippen LogP contribution in [0.15, 0.2) is 34.3 Å². The number of aromatic amines is 1. The molecule has 0 spiro atoms. The lowest BCUT2D eigenvalue weighted by molar-refractivity contribution is 0.371. The summed E-state index contributed by atoms with van der Waals surface area (Å²) >= 11 is 0. The van der Waals surface area contributed by atoms with Gasteiger partial charge in [0.1, 0.15) is 17.4 Å². The lowest BCUT2D eigenvalue weighted by Crippen LogP contribution is -2.20. The standard InChI is InChI=1S/C12H10N4O2/c1-6-9-10(8-3-2-4-17-8)7(5-13)11(14)18-12(9)16-15-6/h2-4,10H,14H2,1H3,(H,15,16)/t10-/m0/s1. The van der Waals surface area contributed by atoms with Crippen LogP contribution in [0.25, 0.3) is 0 Å². The highest BCUT2D eigenvalue weighted by atomic mass is 16.5. The molecule has 3 rings (SSSR count). The number of allylic oxidation sites excluding steroid dienone is 1. The largest absolute Gasteiger partial charge is 0.468 e. The third-order valence-corrected chi connectivity index (χ3v) is 2.96. The van der Waals surface area contributed by atoms with E-state index in [9.17, 15) is 5.26 Å². The minimum atomic E-state index is -0.368. The zero-order valence-corrected chi connectivity index (χ0v) is 9.60. The van der Waals surface area contributed by atoms with Gasteiger partial charge in [-0.3, -0.25) is 5.10 Å². The third kappa shape index (κ3) is 1.31. The Kier molecular flexibility index (Phi) is 2.13. The molecule has 6 heteroatoms. The second kappa shape index (κ2) is 3.67. The molecule has 2 aromatic rings. The summed E-state index contributed by atoms with van der Waals surface area (Å²) in [5, 5.41) is 16.1. The van der Waals surface area contributed by atoms with E-state index in [0.717, 1.165) is 11.3 Å². The van der Waals surface area contributed by atoms with E-state index in [-0.39, 0.29) is 11.8 Å². The van der Waals surface area contributed by atoms with Crippen LogP contribution in [-0.4, -0.2) is 10.2 Å². The number of fused-ring (bicyclic) bond motifs is 1. The van der Waals surface area contributed by atoms with Crippen molar-refractivity contribution >= 4 is 0 Å². The summed E-state index contributed by atoms with van der Waals surface area (Å²) in [6.45, 7) is 1.86. The van der Waals surface area contributed by atoms with Crippen molar-refractivity contribution in [3.05, 3.63) is 46.9 Å². The first-order chi connectivity index (χ1) is 8.72. The van der Waals surface area contributed by atoms with Crippen LogP contribution in [0.5, 0.6) is 5.88 Å². The first-order valence-electron chi connectivity index (χ1n) is 5.38. The Hall–Kier alpha value is -2.68. The Balaban J connectivity index is 2.25. The summed E-state index contributed by atoms with van der Waals surface area (Å²) in [6.07, 6.45) is 1.56. The smallest absolute Gasteiger partial charge is 0.244 e. The van der Waals surface area contributed by atoms with Crippen LogP contribution in [0, 0.1) is 18.3 Å². The number of nitrogens with zero attached hydrogens (tertiary/aromatic N) is 2. The predicted octanol–water partition coefficient (Wildman–Crippen LogP) is 1.53.